The first-order valence-electron chi connectivity index (χ1n) is 5.38. The minimum atomic E-state index is -2.40. The first-order valence-corrected chi connectivity index (χ1v) is 13.1. The molecular formula is C8H16NO4Si4. The summed E-state index contributed by atoms with van der Waals surface area (Å²) in [6.45, 7) is 8.01. The summed E-state index contributed by atoms with van der Waals surface area (Å²) in [5, 5.41) is 1.03. The van der Waals surface area contributed by atoms with Crippen molar-refractivity contribution in [3.8, 4) is 0 Å². The van der Waals surface area contributed by atoms with Crippen LogP contribution in [0.5, 0.6) is 0 Å². The topological polar surface area (TPSA) is 52.7 Å². The van der Waals surface area contributed by atoms with Crippen molar-refractivity contribution in [2.24, 2.45) is 0 Å². The molecule has 93 valence electrons. The third-order valence-corrected chi connectivity index (χ3v) is 13.6. The molecule has 0 aliphatic carbocycles. The van der Waals surface area contributed by atoms with Crippen LogP contribution >= 0.6 is 0 Å². The molecule has 1 N–H and O–H groups in total. The van der Waals surface area contributed by atoms with Crippen molar-refractivity contribution < 1.29 is 16.5 Å². The maximum absolute atomic E-state index is 6.10. The van der Waals surface area contributed by atoms with E-state index in [4.69, 9.17) is 16.5 Å². The van der Waals surface area contributed by atoms with E-state index in [0.29, 0.717) is 0 Å². The highest BCUT2D eigenvalue weighted by Crippen LogP contribution is 2.15. The van der Waals surface area contributed by atoms with Crippen molar-refractivity contribution in [3.05, 3.63) is 18.3 Å². The Balaban J connectivity index is 2.20. The van der Waals surface area contributed by atoms with E-state index in [0.717, 1.165) is 5.32 Å². The van der Waals surface area contributed by atoms with E-state index in [1.165, 1.54) is 0 Å². The van der Waals surface area contributed by atoms with Gasteiger partial charge < -0.3 is 21.4 Å². The highest BCUT2D eigenvalue weighted by atomic mass is 28.5. The van der Waals surface area contributed by atoms with Gasteiger partial charge in [-0.2, -0.15) is 0 Å². The number of nitrogens with one attached hydrogen (secondary N) is 1. The van der Waals surface area contributed by atoms with Crippen LogP contribution in [-0.4, -0.2) is 41.4 Å². The summed E-state index contributed by atoms with van der Waals surface area (Å²) in [5.74, 6) is 0. The van der Waals surface area contributed by atoms with E-state index in [1.807, 2.05) is 44.5 Å². The van der Waals surface area contributed by atoms with Gasteiger partial charge in [0.1, 0.15) is 0 Å². The molecule has 0 amide bonds. The average Bonchev–Trinajstić information content (AvgIpc) is 2.66. The Morgan fingerprint density at radius 3 is 2.12 bits per heavy atom. The molecule has 2 rings (SSSR count). The summed E-state index contributed by atoms with van der Waals surface area (Å²) in [5.41, 5.74) is 0. The molecule has 1 aliphatic rings. The Hall–Kier alpha value is -0.0125. The van der Waals surface area contributed by atoms with Crippen LogP contribution in [0.1, 0.15) is 0 Å². The second-order valence-corrected chi connectivity index (χ2v) is 12.6. The van der Waals surface area contributed by atoms with Gasteiger partial charge in [-0.05, 0) is 38.3 Å². The third kappa shape index (κ3) is 3.26. The maximum Gasteiger partial charge on any atom is 0.368 e. The van der Waals surface area contributed by atoms with Gasteiger partial charge in [-0.25, -0.2) is 0 Å². The highest BCUT2D eigenvalue weighted by molar-refractivity contribution is 6.88. The lowest BCUT2D eigenvalue weighted by Gasteiger charge is -2.34. The molecule has 0 saturated carbocycles. The van der Waals surface area contributed by atoms with E-state index >= 15 is 0 Å². The summed E-state index contributed by atoms with van der Waals surface area (Å²) >= 11 is 0. The predicted octanol–water partition coefficient (Wildman–Crippen LogP) is 0.728. The van der Waals surface area contributed by atoms with Gasteiger partial charge in [0.15, 0.2) is 0 Å². The number of aromatic nitrogens is 1. The summed E-state index contributed by atoms with van der Waals surface area (Å²) in [7, 11) is -6.22. The van der Waals surface area contributed by atoms with Crippen molar-refractivity contribution in [2.75, 3.05) is 0 Å². The van der Waals surface area contributed by atoms with Crippen LogP contribution in [0.15, 0.2) is 18.3 Å². The van der Waals surface area contributed by atoms with Crippen LogP contribution in [0.2, 0.25) is 26.2 Å². The van der Waals surface area contributed by atoms with Crippen LogP contribution in [-0.2, 0) is 16.5 Å². The van der Waals surface area contributed by atoms with Crippen LogP contribution in [0.3, 0.4) is 0 Å². The molecule has 0 aromatic carbocycles. The molecule has 3 radical (unpaired) electrons. The molecule has 17 heavy (non-hydrogen) atoms. The minimum Gasteiger partial charge on any atom is -0.414 e. The summed E-state index contributed by atoms with van der Waals surface area (Å²) in [6.07, 6.45) is 1.89. The smallest absolute Gasteiger partial charge is 0.368 e. The van der Waals surface area contributed by atoms with E-state index in [2.05, 4.69) is 4.98 Å². The highest BCUT2D eigenvalue weighted by Gasteiger charge is 2.43. The third-order valence-electron chi connectivity index (χ3n) is 2.34. The number of hydrogen-bond acceptors (Lipinski definition) is 4. The Labute approximate surface area is 108 Å². The maximum atomic E-state index is 6.10. The van der Waals surface area contributed by atoms with E-state index in [9.17, 15) is 0 Å². The first-order chi connectivity index (χ1) is 7.99. The molecule has 1 aromatic heterocycles. The van der Waals surface area contributed by atoms with Gasteiger partial charge in [-0.15, -0.1) is 0 Å². The Morgan fingerprint density at radius 2 is 1.65 bits per heavy atom. The number of aromatic amines is 1. The Kier molecular flexibility index (Phi) is 4.20. The zero-order chi connectivity index (χ0) is 12.5. The van der Waals surface area contributed by atoms with Gasteiger partial charge >= 0.3 is 36.4 Å². The molecule has 1 fully saturated rings. The second-order valence-electron chi connectivity index (χ2n) is 3.91. The lowest BCUT2D eigenvalue weighted by Crippen LogP contribution is -2.60. The second kappa shape index (κ2) is 5.32. The monoisotopic (exact) mass is 302 g/mol. The van der Waals surface area contributed by atoms with Gasteiger partial charge in [0.05, 0.1) is 5.32 Å². The fourth-order valence-corrected chi connectivity index (χ4v) is 13.2. The Bertz CT molecular complexity index is 348. The lowest BCUT2D eigenvalue weighted by atomic mass is 10.7. The lowest BCUT2D eigenvalue weighted by molar-refractivity contribution is 0.283. The van der Waals surface area contributed by atoms with Crippen molar-refractivity contribution in [1.29, 1.82) is 0 Å². The molecule has 0 atom stereocenters. The van der Waals surface area contributed by atoms with E-state index < -0.39 is 36.4 Å². The summed E-state index contributed by atoms with van der Waals surface area (Å²) < 4.78 is 23.8. The van der Waals surface area contributed by atoms with E-state index in [-0.39, 0.29) is 0 Å². The number of H-pyrrole nitrogens is 1. The average molecular weight is 303 g/mol. The first kappa shape index (κ1) is 13.4. The van der Waals surface area contributed by atoms with Gasteiger partial charge in [0.25, 0.3) is 0 Å². The van der Waals surface area contributed by atoms with Crippen LogP contribution in [0.4, 0.5) is 0 Å². The van der Waals surface area contributed by atoms with Crippen LogP contribution < -0.4 is 5.32 Å². The molecule has 1 saturated heterocycles. The predicted molar refractivity (Wildman–Crippen MR) is 71.2 cm³/mol. The zero-order valence-electron chi connectivity index (χ0n) is 10.4. The van der Waals surface area contributed by atoms with Crippen molar-refractivity contribution >= 4 is 41.7 Å². The standard InChI is InChI=1S/C8H16NO4Si4/c1-14-10-15(2)12-17(4,13-16(3)11-14)8-6-5-7-9-8/h5-7,9H,1-4H3. The van der Waals surface area contributed by atoms with Crippen LogP contribution in [0.25, 0.3) is 0 Å². The van der Waals surface area contributed by atoms with Gasteiger partial charge in [0, 0.05) is 6.20 Å². The fraction of sp³-hybridized carbons (Fsp3) is 0.500. The summed E-state index contributed by atoms with van der Waals surface area (Å²) in [6, 6.07) is 3.97. The SMILES string of the molecule is C[Si]1O[Si](C)O[Si](C)(c2ccc[nH]2)O[Si](C)O1. The summed E-state index contributed by atoms with van der Waals surface area (Å²) in [4.78, 5) is 3.19. The minimum absolute atomic E-state index is 1.03. The zero-order valence-corrected chi connectivity index (χ0v) is 14.4. The van der Waals surface area contributed by atoms with Crippen molar-refractivity contribution in [2.45, 2.75) is 26.2 Å². The number of rotatable bonds is 1. The quantitative estimate of drug-likeness (QED) is 0.777. The molecule has 0 unspecified atom stereocenters. The van der Waals surface area contributed by atoms with E-state index in [1.54, 1.807) is 0 Å². The van der Waals surface area contributed by atoms with Crippen molar-refractivity contribution in [3.63, 3.8) is 0 Å². The molecular weight excluding hydrogens is 286 g/mol. The fourth-order valence-electron chi connectivity index (χ4n) is 1.76. The Morgan fingerprint density at radius 1 is 1.06 bits per heavy atom. The molecule has 9 heteroatoms. The van der Waals surface area contributed by atoms with Gasteiger partial charge in [-0.3, -0.25) is 0 Å². The molecule has 1 aromatic rings. The normalized spacial score (nSPS) is 24.5. The number of hydrogen-bond donors (Lipinski definition) is 1. The largest absolute Gasteiger partial charge is 0.414 e. The van der Waals surface area contributed by atoms with Gasteiger partial charge in [-0.1, -0.05) is 0 Å². The van der Waals surface area contributed by atoms with Crippen LogP contribution in [0, 0.1) is 0 Å². The van der Waals surface area contributed by atoms with Crippen molar-refractivity contribution in [1.82, 2.24) is 4.98 Å². The molecule has 0 spiro atoms. The van der Waals surface area contributed by atoms with Gasteiger partial charge in [0.2, 0.25) is 0 Å². The molecule has 5 nitrogen and oxygen atoms in total. The molecule has 1 aliphatic heterocycles. The molecule has 2 heterocycles. The molecule has 0 bridgehead atoms.